The summed E-state index contributed by atoms with van der Waals surface area (Å²) in [6.07, 6.45) is -0.625. The lowest BCUT2D eigenvalue weighted by Crippen LogP contribution is -2.17. The van der Waals surface area contributed by atoms with Crippen LogP contribution in [0.25, 0.3) is 0 Å². The molecule has 1 N–H and O–H groups in total. The Morgan fingerprint density at radius 1 is 1.80 bits per heavy atom. The topological polar surface area (TPSA) is 47.6 Å². The summed E-state index contributed by atoms with van der Waals surface area (Å²) in [4.78, 5) is 10.5. The first-order chi connectivity index (χ1) is 4.52. The molecule has 0 aromatic heterocycles. The standard InChI is InChI=1S/C3H8NO3PS2/c1-4-3(5)7-8(9,10)6-2/h1-2H3,(H,4,5)(H,9,10). The molecule has 10 heavy (non-hydrogen) atoms. The van der Waals surface area contributed by atoms with E-state index in [0.29, 0.717) is 0 Å². The van der Waals surface area contributed by atoms with Crippen molar-refractivity contribution in [2.45, 2.75) is 0 Å². The predicted octanol–water partition coefficient (Wildman–Crippen LogP) is 1.14. The Bertz CT molecular complexity index is 173. The van der Waals surface area contributed by atoms with Gasteiger partial charge in [-0.1, -0.05) is 12.2 Å². The van der Waals surface area contributed by atoms with Gasteiger partial charge in [-0.15, -0.1) is 0 Å². The van der Waals surface area contributed by atoms with Gasteiger partial charge in [0.1, 0.15) is 0 Å². The van der Waals surface area contributed by atoms with Crippen molar-refractivity contribution in [2.24, 2.45) is 0 Å². The Hall–Kier alpha value is 0.230. The normalized spacial score (nSPS) is 15.5. The van der Waals surface area contributed by atoms with E-state index >= 15 is 0 Å². The molecule has 0 aliphatic rings. The van der Waals surface area contributed by atoms with Crippen LogP contribution >= 0.6 is 17.9 Å². The number of amides is 1. The highest BCUT2D eigenvalue weighted by Gasteiger charge is 2.14. The molecule has 1 atom stereocenters. The minimum Gasteiger partial charge on any atom is -0.388 e. The van der Waals surface area contributed by atoms with E-state index in [0.717, 1.165) is 0 Å². The number of carbonyl (C=O) groups excluding carboxylic acids is 1. The quantitative estimate of drug-likeness (QED) is 0.519. The van der Waals surface area contributed by atoms with E-state index in [1.807, 2.05) is 0 Å². The van der Waals surface area contributed by atoms with Gasteiger partial charge in [0.05, 0.1) is 0 Å². The molecule has 0 saturated heterocycles. The first-order valence-electron chi connectivity index (χ1n) is 2.31. The Labute approximate surface area is 69.6 Å². The summed E-state index contributed by atoms with van der Waals surface area (Å²) in [5.74, 6) is 0. The first-order valence-corrected chi connectivity index (χ1v) is 6.11. The van der Waals surface area contributed by atoms with E-state index in [2.05, 4.69) is 38.4 Å². The van der Waals surface area contributed by atoms with Gasteiger partial charge in [0.2, 0.25) is 0 Å². The summed E-state index contributed by atoms with van der Waals surface area (Å²) < 4.78 is 9.17. The second-order valence-corrected chi connectivity index (χ2v) is 6.60. The third-order valence-corrected chi connectivity index (χ3v) is 2.90. The molecule has 0 spiro atoms. The minimum atomic E-state index is -2.63. The number of hydrogen-bond donors (Lipinski definition) is 2. The van der Waals surface area contributed by atoms with E-state index in [4.69, 9.17) is 0 Å². The van der Waals surface area contributed by atoms with Gasteiger partial charge in [0, 0.05) is 14.2 Å². The lowest BCUT2D eigenvalue weighted by atomic mass is 11.1. The molecule has 0 aromatic rings. The molecular weight excluding hydrogens is 193 g/mol. The Balaban J connectivity index is 3.89. The van der Waals surface area contributed by atoms with Gasteiger partial charge >= 0.3 is 6.09 Å². The molecule has 0 radical (unpaired) electrons. The van der Waals surface area contributed by atoms with Crippen LogP contribution in [0.1, 0.15) is 0 Å². The lowest BCUT2D eigenvalue weighted by Gasteiger charge is -2.11. The minimum absolute atomic E-state index is 0.625. The van der Waals surface area contributed by atoms with Crippen molar-refractivity contribution >= 4 is 35.8 Å². The number of hydrogen-bond acceptors (Lipinski definition) is 4. The fourth-order valence-corrected chi connectivity index (χ4v) is 0.989. The smallest absolute Gasteiger partial charge is 0.388 e. The molecule has 0 aliphatic heterocycles. The van der Waals surface area contributed by atoms with Crippen molar-refractivity contribution in [1.29, 1.82) is 0 Å². The molecule has 0 heterocycles. The van der Waals surface area contributed by atoms with E-state index in [1.54, 1.807) is 0 Å². The maximum Gasteiger partial charge on any atom is 0.412 e. The van der Waals surface area contributed by atoms with Crippen LogP contribution in [0, 0.1) is 0 Å². The molecule has 0 aromatic carbocycles. The van der Waals surface area contributed by atoms with E-state index < -0.39 is 11.8 Å². The number of rotatable bonds is 2. The molecule has 4 nitrogen and oxygen atoms in total. The van der Waals surface area contributed by atoms with Gasteiger partial charge in [-0.25, -0.2) is 4.79 Å². The highest BCUT2D eigenvalue weighted by Crippen LogP contribution is 2.52. The summed E-state index contributed by atoms with van der Waals surface area (Å²) in [7, 11) is 2.78. The van der Waals surface area contributed by atoms with Gasteiger partial charge in [0.15, 0.2) is 0 Å². The molecule has 0 rings (SSSR count). The molecule has 60 valence electrons. The van der Waals surface area contributed by atoms with Crippen LogP contribution in [0.3, 0.4) is 0 Å². The van der Waals surface area contributed by atoms with Gasteiger partial charge in [-0.3, -0.25) is 0 Å². The lowest BCUT2D eigenvalue weighted by molar-refractivity contribution is 0.202. The van der Waals surface area contributed by atoms with E-state index in [9.17, 15) is 4.79 Å². The zero-order chi connectivity index (χ0) is 8.20. The zero-order valence-corrected chi connectivity index (χ0v) is 8.13. The summed E-state index contributed by atoms with van der Waals surface area (Å²) >= 11 is 8.46. The SMILES string of the molecule is CNC(=O)OP(=S)(S)OC. The van der Waals surface area contributed by atoms with Crippen molar-refractivity contribution in [1.82, 2.24) is 5.32 Å². The Morgan fingerprint density at radius 3 is 2.60 bits per heavy atom. The summed E-state index contributed by atoms with van der Waals surface area (Å²) in [6, 6.07) is 0. The van der Waals surface area contributed by atoms with Crippen LogP contribution < -0.4 is 5.32 Å². The third kappa shape index (κ3) is 4.11. The second-order valence-electron chi connectivity index (χ2n) is 1.28. The van der Waals surface area contributed by atoms with Crippen molar-refractivity contribution in [3.8, 4) is 0 Å². The molecule has 1 unspecified atom stereocenters. The number of nitrogens with one attached hydrogen (secondary N) is 1. The fraction of sp³-hybridized carbons (Fsp3) is 0.667. The van der Waals surface area contributed by atoms with Crippen molar-refractivity contribution in [2.75, 3.05) is 14.2 Å². The highest BCUT2D eigenvalue weighted by atomic mass is 32.9. The molecule has 0 bridgehead atoms. The zero-order valence-electron chi connectivity index (χ0n) is 5.53. The van der Waals surface area contributed by atoms with Gasteiger partial charge in [-0.05, 0) is 11.8 Å². The molecule has 0 aliphatic carbocycles. The van der Waals surface area contributed by atoms with Crippen LogP contribution in [0.4, 0.5) is 4.79 Å². The maximum atomic E-state index is 10.5. The summed E-state index contributed by atoms with van der Waals surface area (Å²) in [5.41, 5.74) is -2.63. The molecule has 0 saturated carbocycles. The third-order valence-electron chi connectivity index (χ3n) is 0.633. The predicted molar refractivity (Wildman–Crippen MR) is 45.8 cm³/mol. The molecule has 0 fully saturated rings. The van der Waals surface area contributed by atoms with Crippen LogP contribution in [-0.2, 0) is 20.9 Å². The first kappa shape index (κ1) is 10.2. The van der Waals surface area contributed by atoms with Crippen LogP contribution in [0.2, 0.25) is 0 Å². The van der Waals surface area contributed by atoms with Gasteiger partial charge in [-0.2, -0.15) is 0 Å². The van der Waals surface area contributed by atoms with E-state index in [1.165, 1.54) is 14.2 Å². The number of thiol groups is 1. The number of carbonyl (C=O) groups is 1. The van der Waals surface area contributed by atoms with Crippen LogP contribution in [0.5, 0.6) is 0 Å². The van der Waals surface area contributed by atoms with Crippen molar-refractivity contribution in [3.05, 3.63) is 0 Å². The molecule has 7 heteroatoms. The highest BCUT2D eigenvalue weighted by molar-refractivity contribution is 8.60. The average Bonchev–Trinajstić information content (AvgIpc) is 1.87. The fourth-order valence-electron chi connectivity index (χ4n) is 0.188. The van der Waals surface area contributed by atoms with Crippen molar-refractivity contribution in [3.63, 3.8) is 0 Å². The largest absolute Gasteiger partial charge is 0.412 e. The summed E-state index contributed by atoms with van der Waals surface area (Å²) in [5, 5.41) is 2.23. The maximum absolute atomic E-state index is 10.5. The summed E-state index contributed by atoms with van der Waals surface area (Å²) in [6.45, 7) is 0. The van der Waals surface area contributed by atoms with Crippen LogP contribution in [-0.4, -0.2) is 20.3 Å². The van der Waals surface area contributed by atoms with Crippen LogP contribution in [0.15, 0.2) is 0 Å². The van der Waals surface area contributed by atoms with Gasteiger partial charge in [0.25, 0.3) is 5.69 Å². The molecular formula is C3H8NO3PS2. The van der Waals surface area contributed by atoms with E-state index in [-0.39, 0.29) is 0 Å². The van der Waals surface area contributed by atoms with Crippen molar-refractivity contribution < 1.29 is 13.8 Å². The Kier molecular flexibility index (Phi) is 4.28. The molecule has 1 amide bonds. The van der Waals surface area contributed by atoms with Gasteiger partial charge < -0.3 is 14.4 Å². The average molecular weight is 201 g/mol. The second kappa shape index (κ2) is 4.18. The Morgan fingerprint density at radius 2 is 2.30 bits per heavy atom. The monoisotopic (exact) mass is 201 g/mol.